The van der Waals surface area contributed by atoms with Gasteiger partial charge in [0.25, 0.3) is 0 Å². The van der Waals surface area contributed by atoms with Gasteiger partial charge in [0.05, 0.1) is 18.1 Å². The molecule has 1 aliphatic heterocycles. The molecule has 3 heteroatoms. The molecule has 0 aromatic rings. The van der Waals surface area contributed by atoms with E-state index in [1.807, 2.05) is 11.8 Å². The van der Waals surface area contributed by atoms with E-state index in [0.717, 1.165) is 24.7 Å². The first-order valence-electron chi connectivity index (χ1n) is 7.46. The molecule has 1 saturated heterocycles. The Balaban J connectivity index is 1.79. The van der Waals surface area contributed by atoms with Crippen molar-refractivity contribution in [3.8, 4) is 6.07 Å². The van der Waals surface area contributed by atoms with E-state index in [1.54, 1.807) is 0 Å². The minimum absolute atomic E-state index is 0.282. The van der Waals surface area contributed by atoms with Crippen molar-refractivity contribution >= 4 is 11.8 Å². The lowest BCUT2D eigenvalue weighted by Gasteiger charge is -2.32. The molecule has 1 saturated carbocycles. The molecule has 0 spiro atoms. The van der Waals surface area contributed by atoms with Crippen LogP contribution in [0.3, 0.4) is 0 Å². The molecule has 2 rings (SSSR count). The molecule has 4 unspecified atom stereocenters. The summed E-state index contributed by atoms with van der Waals surface area (Å²) in [4.78, 5) is 0. The van der Waals surface area contributed by atoms with Crippen molar-refractivity contribution in [3.63, 3.8) is 0 Å². The normalized spacial score (nSPS) is 36.4. The first kappa shape index (κ1) is 14.2. The molecule has 2 fully saturated rings. The first-order valence-corrected chi connectivity index (χ1v) is 8.51. The molecule has 1 heterocycles. The molecule has 0 bridgehead atoms. The highest BCUT2D eigenvalue weighted by atomic mass is 32.2. The Morgan fingerprint density at radius 1 is 1.33 bits per heavy atom. The van der Waals surface area contributed by atoms with E-state index >= 15 is 0 Å². The smallest absolute Gasteiger partial charge is 0.0667 e. The predicted molar refractivity (Wildman–Crippen MR) is 76.6 cm³/mol. The molecule has 102 valence electrons. The number of ether oxygens (including phenoxy) is 1. The van der Waals surface area contributed by atoms with Crippen LogP contribution in [0.4, 0.5) is 0 Å². The molecule has 0 aromatic heterocycles. The van der Waals surface area contributed by atoms with Gasteiger partial charge in [0.2, 0.25) is 0 Å². The number of hydrogen-bond donors (Lipinski definition) is 0. The van der Waals surface area contributed by atoms with Crippen LogP contribution in [0.5, 0.6) is 0 Å². The zero-order valence-electron chi connectivity index (χ0n) is 11.4. The highest BCUT2D eigenvalue weighted by Crippen LogP contribution is 2.39. The SMILES string of the molecule is CCCC1CCC(C#N)C(SCC2CCCO2)C1. The van der Waals surface area contributed by atoms with Crippen LogP contribution in [0, 0.1) is 23.2 Å². The van der Waals surface area contributed by atoms with E-state index in [-0.39, 0.29) is 5.92 Å². The maximum absolute atomic E-state index is 9.27. The molecule has 0 amide bonds. The maximum Gasteiger partial charge on any atom is 0.0667 e. The lowest BCUT2D eigenvalue weighted by atomic mass is 9.80. The van der Waals surface area contributed by atoms with Crippen LogP contribution in [-0.2, 0) is 4.74 Å². The molecule has 0 aromatic carbocycles. The van der Waals surface area contributed by atoms with Crippen molar-refractivity contribution in [2.75, 3.05) is 12.4 Å². The number of rotatable bonds is 5. The lowest BCUT2D eigenvalue weighted by Crippen LogP contribution is -2.27. The molecular formula is C15H25NOS. The molecule has 4 atom stereocenters. The summed E-state index contributed by atoms with van der Waals surface area (Å²) in [6.45, 7) is 3.21. The van der Waals surface area contributed by atoms with Crippen LogP contribution in [0.1, 0.15) is 51.9 Å². The minimum Gasteiger partial charge on any atom is -0.377 e. The summed E-state index contributed by atoms with van der Waals surface area (Å²) in [7, 11) is 0. The summed E-state index contributed by atoms with van der Waals surface area (Å²) in [5, 5.41) is 9.83. The van der Waals surface area contributed by atoms with Crippen molar-refractivity contribution < 1.29 is 4.74 Å². The van der Waals surface area contributed by atoms with Gasteiger partial charge < -0.3 is 4.74 Å². The van der Waals surface area contributed by atoms with Crippen molar-refractivity contribution in [1.29, 1.82) is 5.26 Å². The Morgan fingerprint density at radius 3 is 2.89 bits per heavy atom. The second-order valence-electron chi connectivity index (χ2n) is 5.71. The fraction of sp³-hybridized carbons (Fsp3) is 0.933. The zero-order valence-corrected chi connectivity index (χ0v) is 12.3. The molecule has 18 heavy (non-hydrogen) atoms. The number of nitrogens with zero attached hydrogens (tertiary/aromatic N) is 1. The van der Waals surface area contributed by atoms with Gasteiger partial charge in [-0.2, -0.15) is 17.0 Å². The predicted octanol–water partition coefficient (Wildman–Crippen LogP) is 4.01. The Kier molecular flexibility index (Phi) is 5.85. The zero-order chi connectivity index (χ0) is 12.8. The van der Waals surface area contributed by atoms with Gasteiger partial charge in [-0.1, -0.05) is 19.8 Å². The standard InChI is InChI=1S/C15H25NOS/c1-2-4-12-6-7-13(10-16)15(9-12)18-11-14-5-3-8-17-14/h12-15H,2-9,11H2,1H3. The quantitative estimate of drug-likeness (QED) is 0.754. The summed E-state index contributed by atoms with van der Waals surface area (Å²) in [6, 6.07) is 2.53. The number of thioether (sulfide) groups is 1. The maximum atomic E-state index is 9.27. The van der Waals surface area contributed by atoms with Crippen molar-refractivity contribution in [2.24, 2.45) is 11.8 Å². The van der Waals surface area contributed by atoms with Crippen molar-refractivity contribution in [3.05, 3.63) is 0 Å². The molecule has 0 radical (unpaired) electrons. The van der Waals surface area contributed by atoms with Crippen LogP contribution in [-0.4, -0.2) is 23.7 Å². The summed E-state index contributed by atoms with van der Waals surface area (Å²) in [6.07, 6.45) is 9.16. The van der Waals surface area contributed by atoms with Gasteiger partial charge in [-0.15, -0.1) is 0 Å². The third-order valence-electron chi connectivity index (χ3n) is 4.28. The average Bonchev–Trinajstić information content (AvgIpc) is 2.90. The van der Waals surface area contributed by atoms with E-state index in [2.05, 4.69) is 13.0 Å². The van der Waals surface area contributed by atoms with Gasteiger partial charge in [-0.05, 0) is 38.0 Å². The van der Waals surface area contributed by atoms with Gasteiger partial charge >= 0.3 is 0 Å². The van der Waals surface area contributed by atoms with E-state index < -0.39 is 0 Å². The summed E-state index contributed by atoms with van der Waals surface area (Å²) in [5.74, 6) is 2.24. The van der Waals surface area contributed by atoms with Crippen LogP contribution >= 0.6 is 11.8 Å². The molecule has 0 N–H and O–H groups in total. The Hall–Kier alpha value is -0.200. The van der Waals surface area contributed by atoms with E-state index in [0.29, 0.717) is 11.4 Å². The molecule has 2 aliphatic rings. The summed E-state index contributed by atoms with van der Waals surface area (Å²) in [5.41, 5.74) is 0. The van der Waals surface area contributed by atoms with Gasteiger partial charge in [0, 0.05) is 17.6 Å². The van der Waals surface area contributed by atoms with Crippen molar-refractivity contribution in [1.82, 2.24) is 0 Å². The average molecular weight is 267 g/mol. The molecular weight excluding hydrogens is 242 g/mol. The molecule has 1 aliphatic carbocycles. The fourth-order valence-electron chi connectivity index (χ4n) is 3.22. The molecule has 2 nitrogen and oxygen atoms in total. The lowest BCUT2D eigenvalue weighted by molar-refractivity contribution is 0.128. The van der Waals surface area contributed by atoms with Crippen LogP contribution in [0.25, 0.3) is 0 Å². The van der Waals surface area contributed by atoms with Crippen LogP contribution in [0.15, 0.2) is 0 Å². The van der Waals surface area contributed by atoms with E-state index in [4.69, 9.17) is 4.74 Å². The van der Waals surface area contributed by atoms with Gasteiger partial charge in [0.1, 0.15) is 0 Å². The van der Waals surface area contributed by atoms with Crippen LogP contribution in [0.2, 0.25) is 0 Å². The van der Waals surface area contributed by atoms with Gasteiger partial charge in [-0.3, -0.25) is 0 Å². The van der Waals surface area contributed by atoms with Crippen molar-refractivity contribution in [2.45, 2.75) is 63.2 Å². The number of nitriles is 1. The van der Waals surface area contributed by atoms with E-state index in [9.17, 15) is 5.26 Å². The fourth-order valence-corrected chi connectivity index (χ4v) is 4.78. The Bertz CT molecular complexity index is 283. The topological polar surface area (TPSA) is 33.0 Å². The highest BCUT2D eigenvalue weighted by molar-refractivity contribution is 7.99. The Morgan fingerprint density at radius 2 is 2.22 bits per heavy atom. The van der Waals surface area contributed by atoms with Gasteiger partial charge in [-0.25, -0.2) is 0 Å². The second kappa shape index (κ2) is 7.40. The van der Waals surface area contributed by atoms with Crippen LogP contribution < -0.4 is 0 Å². The number of hydrogen-bond acceptors (Lipinski definition) is 3. The van der Waals surface area contributed by atoms with Gasteiger partial charge in [0.15, 0.2) is 0 Å². The summed E-state index contributed by atoms with van der Waals surface area (Å²) >= 11 is 2.01. The third-order valence-corrected chi connectivity index (χ3v) is 5.80. The third kappa shape index (κ3) is 3.90. The second-order valence-corrected chi connectivity index (χ2v) is 6.98. The monoisotopic (exact) mass is 267 g/mol. The highest BCUT2D eigenvalue weighted by Gasteiger charge is 2.31. The first-order chi connectivity index (χ1) is 8.83. The Labute approximate surface area is 115 Å². The minimum atomic E-state index is 0.282. The largest absolute Gasteiger partial charge is 0.377 e. The summed E-state index contributed by atoms with van der Waals surface area (Å²) < 4.78 is 5.68. The van der Waals surface area contributed by atoms with E-state index in [1.165, 1.54) is 38.5 Å².